The van der Waals surface area contributed by atoms with Crippen molar-refractivity contribution in [2.45, 2.75) is 76.3 Å². The van der Waals surface area contributed by atoms with Gasteiger partial charge in [0.05, 0.1) is 10.8 Å². The first-order chi connectivity index (χ1) is 13.8. The standard InChI is InChI=1S/C22H32O7S/c1-21(2,3)19(25)27-12-14-15(23)17(29-20(26)22(4,5)6)16(24)18(28-14)30-13-10-8-7-9-11-13/h7-11,14-18,23-24H,12H2,1-6H3/t14?,15-,16?,17?,18-/m1/s1. The van der Waals surface area contributed by atoms with E-state index in [2.05, 4.69) is 0 Å². The van der Waals surface area contributed by atoms with E-state index in [4.69, 9.17) is 14.2 Å². The van der Waals surface area contributed by atoms with Crippen LogP contribution >= 0.6 is 11.8 Å². The van der Waals surface area contributed by atoms with Crippen LogP contribution in [0.1, 0.15) is 41.5 Å². The first kappa shape index (κ1) is 24.7. The van der Waals surface area contributed by atoms with E-state index >= 15 is 0 Å². The number of thioether (sulfide) groups is 1. The Kier molecular flexibility index (Phi) is 7.96. The summed E-state index contributed by atoms with van der Waals surface area (Å²) >= 11 is 1.24. The lowest BCUT2D eigenvalue weighted by Crippen LogP contribution is -2.59. The van der Waals surface area contributed by atoms with Crippen molar-refractivity contribution in [2.24, 2.45) is 10.8 Å². The third kappa shape index (κ3) is 6.44. The average Bonchev–Trinajstić information content (AvgIpc) is 2.65. The van der Waals surface area contributed by atoms with Gasteiger partial charge in [-0.15, -0.1) is 0 Å². The lowest BCUT2D eigenvalue weighted by Gasteiger charge is -2.42. The molecule has 0 aromatic heterocycles. The number of ether oxygens (including phenoxy) is 3. The zero-order chi connectivity index (χ0) is 22.7. The highest BCUT2D eigenvalue weighted by Gasteiger charge is 2.48. The van der Waals surface area contributed by atoms with Gasteiger partial charge < -0.3 is 24.4 Å². The van der Waals surface area contributed by atoms with Gasteiger partial charge in [-0.25, -0.2) is 0 Å². The Labute approximate surface area is 182 Å². The number of aliphatic hydroxyl groups excluding tert-OH is 2. The van der Waals surface area contributed by atoms with Crippen molar-refractivity contribution in [3.8, 4) is 0 Å². The molecule has 1 aromatic carbocycles. The van der Waals surface area contributed by atoms with Crippen molar-refractivity contribution in [1.82, 2.24) is 0 Å². The number of aliphatic hydroxyl groups is 2. The first-order valence-electron chi connectivity index (χ1n) is 9.92. The summed E-state index contributed by atoms with van der Waals surface area (Å²) in [6.07, 6.45) is -4.80. The third-order valence-electron chi connectivity index (χ3n) is 4.48. The number of carbonyl (C=O) groups is 2. The Morgan fingerprint density at radius 2 is 1.53 bits per heavy atom. The fourth-order valence-electron chi connectivity index (χ4n) is 2.58. The summed E-state index contributed by atoms with van der Waals surface area (Å²) in [6.45, 7) is 10.0. The van der Waals surface area contributed by atoms with Crippen LogP contribution in [0.4, 0.5) is 0 Å². The number of hydrogen-bond acceptors (Lipinski definition) is 8. The summed E-state index contributed by atoms with van der Waals surface area (Å²) in [4.78, 5) is 25.4. The predicted molar refractivity (Wildman–Crippen MR) is 113 cm³/mol. The monoisotopic (exact) mass is 440 g/mol. The summed E-state index contributed by atoms with van der Waals surface area (Å²) in [5.74, 6) is -0.999. The molecular weight excluding hydrogens is 408 g/mol. The van der Waals surface area contributed by atoms with Crippen LogP contribution in [0.2, 0.25) is 0 Å². The molecule has 1 heterocycles. The highest BCUT2D eigenvalue weighted by Crippen LogP contribution is 2.35. The minimum Gasteiger partial charge on any atom is -0.462 e. The van der Waals surface area contributed by atoms with Crippen molar-refractivity contribution >= 4 is 23.7 Å². The molecule has 0 amide bonds. The minimum atomic E-state index is -1.35. The fraction of sp³-hybridized carbons (Fsp3) is 0.636. The van der Waals surface area contributed by atoms with Gasteiger partial charge in [-0.2, -0.15) is 0 Å². The zero-order valence-corrected chi connectivity index (χ0v) is 19.1. The van der Waals surface area contributed by atoms with Crippen LogP contribution in [0.15, 0.2) is 35.2 Å². The third-order valence-corrected chi connectivity index (χ3v) is 5.65. The fourth-order valence-corrected chi connectivity index (χ4v) is 3.66. The Hall–Kier alpha value is -1.61. The van der Waals surface area contributed by atoms with Crippen LogP contribution in [0, 0.1) is 10.8 Å². The molecule has 0 aliphatic carbocycles. The quantitative estimate of drug-likeness (QED) is 0.674. The van der Waals surface area contributed by atoms with Crippen molar-refractivity contribution in [2.75, 3.05) is 6.61 Å². The Morgan fingerprint density at radius 3 is 2.07 bits per heavy atom. The second kappa shape index (κ2) is 9.68. The zero-order valence-electron chi connectivity index (χ0n) is 18.3. The van der Waals surface area contributed by atoms with Crippen LogP contribution in [-0.2, 0) is 23.8 Å². The smallest absolute Gasteiger partial charge is 0.311 e. The first-order valence-corrected chi connectivity index (χ1v) is 10.8. The number of benzene rings is 1. The topological polar surface area (TPSA) is 102 Å². The maximum absolute atomic E-state index is 12.4. The molecule has 3 unspecified atom stereocenters. The van der Waals surface area contributed by atoms with Crippen LogP contribution < -0.4 is 0 Å². The molecule has 0 bridgehead atoms. The molecule has 7 nitrogen and oxygen atoms in total. The maximum Gasteiger partial charge on any atom is 0.311 e. The molecule has 1 aliphatic heterocycles. The van der Waals surface area contributed by atoms with E-state index in [1.165, 1.54) is 11.8 Å². The van der Waals surface area contributed by atoms with Gasteiger partial charge in [0.25, 0.3) is 0 Å². The molecule has 168 valence electrons. The van der Waals surface area contributed by atoms with Crippen LogP contribution in [0.3, 0.4) is 0 Å². The summed E-state index contributed by atoms with van der Waals surface area (Å²) in [5.41, 5.74) is -2.35. The number of carbonyl (C=O) groups excluding carboxylic acids is 2. The number of rotatable bonds is 5. The molecule has 0 saturated carbocycles. The van der Waals surface area contributed by atoms with Crippen molar-refractivity contribution in [3.05, 3.63) is 30.3 Å². The van der Waals surface area contributed by atoms with Gasteiger partial charge in [0.1, 0.15) is 30.4 Å². The van der Waals surface area contributed by atoms with Gasteiger partial charge >= 0.3 is 11.9 Å². The summed E-state index contributed by atoms with van der Waals surface area (Å²) in [6, 6.07) is 9.29. The molecule has 1 saturated heterocycles. The van der Waals surface area contributed by atoms with Crippen molar-refractivity contribution in [3.63, 3.8) is 0 Å². The average molecular weight is 441 g/mol. The van der Waals surface area contributed by atoms with Gasteiger partial charge in [-0.05, 0) is 53.7 Å². The van der Waals surface area contributed by atoms with Gasteiger partial charge in [0, 0.05) is 4.90 Å². The summed E-state index contributed by atoms with van der Waals surface area (Å²) in [5, 5.41) is 21.6. The van der Waals surface area contributed by atoms with Crippen LogP contribution in [0.5, 0.6) is 0 Å². The minimum absolute atomic E-state index is 0.223. The highest BCUT2D eigenvalue weighted by molar-refractivity contribution is 7.99. The van der Waals surface area contributed by atoms with E-state index in [0.29, 0.717) is 0 Å². The summed E-state index contributed by atoms with van der Waals surface area (Å²) < 4.78 is 16.7. The van der Waals surface area contributed by atoms with E-state index in [0.717, 1.165) is 4.90 Å². The van der Waals surface area contributed by atoms with E-state index < -0.39 is 52.6 Å². The van der Waals surface area contributed by atoms with Crippen molar-refractivity contribution in [1.29, 1.82) is 0 Å². The molecule has 2 rings (SSSR count). The SMILES string of the molecule is CC(C)(C)C(=O)OCC1O[C@H](Sc2ccccc2)C(O)C(OC(=O)C(C)(C)C)[C@@H]1O. The Bertz CT molecular complexity index is 723. The normalized spacial score (nSPS) is 27.4. The Morgan fingerprint density at radius 1 is 0.967 bits per heavy atom. The van der Waals surface area contributed by atoms with Gasteiger partial charge in [0.2, 0.25) is 0 Å². The lowest BCUT2D eigenvalue weighted by atomic mass is 9.95. The second-order valence-corrected chi connectivity index (χ2v) is 10.6. The van der Waals surface area contributed by atoms with Gasteiger partial charge in [-0.3, -0.25) is 9.59 Å². The van der Waals surface area contributed by atoms with E-state index in [9.17, 15) is 19.8 Å². The van der Waals surface area contributed by atoms with E-state index in [1.54, 1.807) is 41.5 Å². The lowest BCUT2D eigenvalue weighted by molar-refractivity contribution is -0.227. The highest BCUT2D eigenvalue weighted by atomic mass is 32.2. The number of esters is 2. The molecule has 1 aliphatic rings. The predicted octanol–water partition coefficient (Wildman–Crippen LogP) is 2.77. The molecule has 5 atom stereocenters. The summed E-state index contributed by atoms with van der Waals surface area (Å²) in [7, 11) is 0. The molecule has 30 heavy (non-hydrogen) atoms. The van der Waals surface area contributed by atoms with Crippen molar-refractivity contribution < 1.29 is 34.0 Å². The molecule has 1 aromatic rings. The Balaban J connectivity index is 2.21. The maximum atomic E-state index is 12.4. The van der Waals surface area contributed by atoms with Gasteiger partial charge in [0.15, 0.2) is 6.10 Å². The van der Waals surface area contributed by atoms with E-state index in [1.807, 2.05) is 30.3 Å². The molecular formula is C22H32O7S. The number of hydrogen-bond donors (Lipinski definition) is 2. The van der Waals surface area contributed by atoms with Gasteiger partial charge in [-0.1, -0.05) is 30.0 Å². The molecule has 0 radical (unpaired) electrons. The molecule has 0 spiro atoms. The molecule has 8 heteroatoms. The molecule has 2 N–H and O–H groups in total. The van der Waals surface area contributed by atoms with Crippen LogP contribution in [-0.4, -0.2) is 58.6 Å². The second-order valence-electron chi connectivity index (χ2n) is 9.42. The van der Waals surface area contributed by atoms with E-state index in [-0.39, 0.29) is 6.61 Å². The van der Waals surface area contributed by atoms with Crippen LogP contribution in [0.25, 0.3) is 0 Å². The molecule has 1 fully saturated rings. The largest absolute Gasteiger partial charge is 0.462 e.